The molecule has 1 aliphatic rings. The molecular formula is C16H20N4O. The van der Waals surface area contributed by atoms with E-state index in [1.165, 1.54) is 11.1 Å². The smallest absolute Gasteiger partial charge is 0.259 e. The lowest BCUT2D eigenvalue weighted by molar-refractivity contribution is 0.102. The Labute approximate surface area is 124 Å². The van der Waals surface area contributed by atoms with E-state index in [4.69, 9.17) is 0 Å². The van der Waals surface area contributed by atoms with Gasteiger partial charge in [0.2, 0.25) is 0 Å². The van der Waals surface area contributed by atoms with Crippen molar-refractivity contribution in [3.8, 4) is 0 Å². The first-order chi connectivity index (χ1) is 10.1. The average Bonchev–Trinajstić information content (AvgIpc) is 2.72. The van der Waals surface area contributed by atoms with Gasteiger partial charge in [-0.25, -0.2) is 0 Å². The van der Waals surface area contributed by atoms with Crippen molar-refractivity contribution in [3.63, 3.8) is 0 Å². The standard InChI is InChI=1S/C16H20N4O/c1-10-15(11(2)20(3)19-10)16(21)18-14-5-4-12-6-7-17-9-13(12)8-14/h4-5,8,17H,6-7,9H2,1-3H3,(H,18,21). The number of carbonyl (C=O) groups is 1. The molecule has 1 aromatic heterocycles. The minimum Gasteiger partial charge on any atom is -0.322 e. The number of aromatic nitrogens is 2. The highest BCUT2D eigenvalue weighted by atomic mass is 16.1. The van der Waals surface area contributed by atoms with Crippen LogP contribution in [0.2, 0.25) is 0 Å². The van der Waals surface area contributed by atoms with Crippen LogP contribution >= 0.6 is 0 Å². The number of benzene rings is 1. The maximum atomic E-state index is 12.5. The quantitative estimate of drug-likeness (QED) is 0.886. The number of hydrogen-bond acceptors (Lipinski definition) is 3. The Morgan fingerprint density at radius 2 is 2.14 bits per heavy atom. The summed E-state index contributed by atoms with van der Waals surface area (Å²) in [5.41, 5.74) is 5.76. The molecule has 3 rings (SSSR count). The summed E-state index contributed by atoms with van der Waals surface area (Å²) in [5.74, 6) is -0.0955. The first-order valence-electron chi connectivity index (χ1n) is 7.20. The van der Waals surface area contributed by atoms with Crippen molar-refractivity contribution in [2.45, 2.75) is 26.8 Å². The average molecular weight is 284 g/mol. The fourth-order valence-corrected chi connectivity index (χ4v) is 2.85. The van der Waals surface area contributed by atoms with Gasteiger partial charge in [0.1, 0.15) is 0 Å². The molecule has 5 heteroatoms. The second-order valence-corrected chi connectivity index (χ2v) is 5.53. The summed E-state index contributed by atoms with van der Waals surface area (Å²) in [4.78, 5) is 12.5. The number of anilines is 1. The molecule has 21 heavy (non-hydrogen) atoms. The Bertz CT molecular complexity index is 703. The van der Waals surface area contributed by atoms with Gasteiger partial charge in [-0.2, -0.15) is 5.10 Å². The van der Waals surface area contributed by atoms with E-state index in [2.05, 4.69) is 27.9 Å². The van der Waals surface area contributed by atoms with E-state index in [0.29, 0.717) is 5.56 Å². The molecule has 1 aliphatic heterocycles. The van der Waals surface area contributed by atoms with Crippen LogP contribution < -0.4 is 10.6 Å². The van der Waals surface area contributed by atoms with Crippen LogP contribution in [-0.4, -0.2) is 22.2 Å². The second kappa shape index (κ2) is 5.33. The Morgan fingerprint density at radius 3 is 2.86 bits per heavy atom. The van der Waals surface area contributed by atoms with Gasteiger partial charge in [0.15, 0.2) is 0 Å². The van der Waals surface area contributed by atoms with Gasteiger partial charge < -0.3 is 10.6 Å². The molecule has 0 radical (unpaired) electrons. The first-order valence-corrected chi connectivity index (χ1v) is 7.20. The molecule has 1 amide bonds. The van der Waals surface area contributed by atoms with Crippen molar-refractivity contribution in [1.29, 1.82) is 0 Å². The van der Waals surface area contributed by atoms with Gasteiger partial charge in [-0.1, -0.05) is 6.07 Å². The van der Waals surface area contributed by atoms with Crippen LogP contribution in [0.4, 0.5) is 5.69 Å². The van der Waals surface area contributed by atoms with Crippen LogP contribution in [-0.2, 0) is 20.0 Å². The molecule has 0 aliphatic carbocycles. The highest BCUT2D eigenvalue weighted by Gasteiger charge is 2.18. The fourth-order valence-electron chi connectivity index (χ4n) is 2.85. The Balaban J connectivity index is 1.84. The maximum Gasteiger partial charge on any atom is 0.259 e. The molecule has 0 bridgehead atoms. The van der Waals surface area contributed by atoms with Crippen molar-refractivity contribution >= 4 is 11.6 Å². The summed E-state index contributed by atoms with van der Waals surface area (Å²) in [6.07, 6.45) is 1.05. The predicted octanol–water partition coefficient (Wildman–Crippen LogP) is 1.93. The molecule has 1 aromatic carbocycles. The number of hydrogen-bond donors (Lipinski definition) is 2. The third kappa shape index (κ3) is 2.56. The maximum absolute atomic E-state index is 12.5. The molecule has 0 unspecified atom stereocenters. The number of amides is 1. The zero-order valence-corrected chi connectivity index (χ0v) is 12.7. The zero-order valence-electron chi connectivity index (χ0n) is 12.7. The molecule has 2 heterocycles. The largest absolute Gasteiger partial charge is 0.322 e. The third-order valence-electron chi connectivity index (χ3n) is 4.09. The first kappa shape index (κ1) is 13.8. The molecule has 0 saturated carbocycles. The summed E-state index contributed by atoms with van der Waals surface area (Å²) >= 11 is 0. The zero-order chi connectivity index (χ0) is 15.0. The van der Waals surface area contributed by atoms with Gasteiger partial charge in [0, 0.05) is 25.0 Å². The Hall–Kier alpha value is -2.14. The molecular weight excluding hydrogens is 264 g/mol. The lowest BCUT2D eigenvalue weighted by Crippen LogP contribution is -2.24. The Morgan fingerprint density at radius 1 is 1.33 bits per heavy atom. The molecule has 2 N–H and O–H groups in total. The van der Waals surface area contributed by atoms with E-state index in [1.807, 2.05) is 27.0 Å². The summed E-state index contributed by atoms with van der Waals surface area (Å²) in [5, 5.41) is 10.6. The van der Waals surface area contributed by atoms with Gasteiger partial charge in [-0.05, 0) is 50.1 Å². The number of rotatable bonds is 2. The highest BCUT2D eigenvalue weighted by Crippen LogP contribution is 2.20. The third-order valence-corrected chi connectivity index (χ3v) is 4.09. The number of carbonyl (C=O) groups excluding carboxylic acids is 1. The number of fused-ring (bicyclic) bond motifs is 1. The molecule has 110 valence electrons. The van der Waals surface area contributed by atoms with Crippen molar-refractivity contribution in [2.75, 3.05) is 11.9 Å². The molecule has 0 spiro atoms. The van der Waals surface area contributed by atoms with Crippen LogP contribution in [0.5, 0.6) is 0 Å². The van der Waals surface area contributed by atoms with E-state index in [0.717, 1.165) is 36.6 Å². The highest BCUT2D eigenvalue weighted by molar-refractivity contribution is 6.05. The number of nitrogens with zero attached hydrogens (tertiary/aromatic N) is 2. The van der Waals surface area contributed by atoms with Gasteiger partial charge in [-0.3, -0.25) is 9.48 Å². The molecule has 0 saturated heterocycles. The molecule has 0 atom stereocenters. The lowest BCUT2D eigenvalue weighted by Gasteiger charge is -2.18. The molecule has 5 nitrogen and oxygen atoms in total. The topological polar surface area (TPSA) is 59.0 Å². The van der Waals surface area contributed by atoms with Crippen LogP contribution in [0.3, 0.4) is 0 Å². The van der Waals surface area contributed by atoms with Gasteiger partial charge in [0.05, 0.1) is 11.3 Å². The van der Waals surface area contributed by atoms with Gasteiger partial charge >= 0.3 is 0 Å². The fraction of sp³-hybridized carbons (Fsp3) is 0.375. The monoisotopic (exact) mass is 284 g/mol. The number of nitrogens with one attached hydrogen (secondary N) is 2. The van der Waals surface area contributed by atoms with Gasteiger partial charge in [0.25, 0.3) is 5.91 Å². The molecule has 0 fully saturated rings. The van der Waals surface area contributed by atoms with Crippen LogP contribution in [0.15, 0.2) is 18.2 Å². The lowest BCUT2D eigenvalue weighted by atomic mass is 10.0. The van der Waals surface area contributed by atoms with Crippen LogP contribution in [0, 0.1) is 13.8 Å². The van der Waals surface area contributed by atoms with E-state index >= 15 is 0 Å². The predicted molar refractivity (Wildman–Crippen MR) is 82.5 cm³/mol. The van der Waals surface area contributed by atoms with Crippen molar-refractivity contribution < 1.29 is 4.79 Å². The second-order valence-electron chi connectivity index (χ2n) is 5.53. The van der Waals surface area contributed by atoms with Crippen LogP contribution in [0.1, 0.15) is 32.9 Å². The van der Waals surface area contributed by atoms with E-state index < -0.39 is 0 Å². The van der Waals surface area contributed by atoms with E-state index in [-0.39, 0.29) is 5.91 Å². The van der Waals surface area contributed by atoms with Gasteiger partial charge in [-0.15, -0.1) is 0 Å². The van der Waals surface area contributed by atoms with Crippen molar-refractivity contribution in [2.24, 2.45) is 7.05 Å². The minimum atomic E-state index is -0.0955. The summed E-state index contributed by atoms with van der Waals surface area (Å²) in [6, 6.07) is 6.14. The van der Waals surface area contributed by atoms with Crippen LogP contribution in [0.25, 0.3) is 0 Å². The van der Waals surface area contributed by atoms with Crippen molar-refractivity contribution in [1.82, 2.24) is 15.1 Å². The summed E-state index contributed by atoms with van der Waals surface area (Å²) in [7, 11) is 1.85. The molecule has 2 aromatic rings. The SMILES string of the molecule is Cc1nn(C)c(C)c1C(=O)Nc1ccc2c(c1)CNCC2. The summed E-state index contributed by atoms with van der Waals surface area (Å²) < 4.78 is 1.74. The van der Waals surface area contributed by atoms with E-state index in [9.17, 15) is 4.79 Å². The van der Waals surface area contributed by atoms with E-state index in [1.54, 1.807) is 4.68 Å². The summed E-state index contributed by atoms with van der Waals surface area (Å²) in [6.45, 7) is 5.65. The Kier molecular flexibility index (Phi) is 3.51. The normalized spacial score (nSPS) is 13.9. The number of aryl methyl sites for hydroxylation is 2. The minimum absolute atomic E-state index is 0.0955. The van der Waals surface area contributed by atoms with Crippen molar-refractivity contribution in [3.05, 3.63) is 46.3 Å².